The Morgan fingerprint density at radius 1 is 1.47 bits per heavy atom. The number of aromatic nitrogens is 2. The highest BCUT2D eigenvalue weighted by Crippen LogP contribution is 2.44. The van der Waals surface area contributed by atoms with Crippen molar-refractivity contribution in [2.24, 2.45) is 5.41 Å². The lowest BCUT2D eigenvalue weighted by Crippen LogP contribution is -2.13. The molecule has 1 aromatic heterocycles. The molecule has 0 radical (unpaired) electrons. The van der Waals surface area contributed by atoms with E-state index in [4.69, 9.17) is 16.3 Å². The molecule has 1 aliphatic carbocycles. The second-order valence-corrected chi connectivity index (χ2v) is 5.18. The van der Waals surface area contributed by atoms with E-state index in [1.165, 1.54) is 12.8 Å². The van der Waals surface area contributed by atoms with E-state index in [9.17, 15) is 0 Å². The van der Waals surface area contributed by atoms with Crippen LogP contribution in [0.15, 0.2) is 6.07 Å². The topological polar surface area (TPSA) is 47.0 Å². The van der Waals surface area contributed by atoms with Crippen molar-refractivity contribution in [3.8, 4) is 0 Å². The highest BCUT2D eigenvalue weighted by molar-refractivity contribution is 6.29. The zero-order valence-electron chi connectivity index (χ0n) is 10.3. The normalized spacial score (nSPS) is 16.9. The molecular weight excluding hydrogens is 238 g/mol. The largest absolute Gasteiger partial charge is 0.374 e. The first-order valence-electron chi connectivity index (χ1n) is 5.96. The molecule has 0 bridgehead atoms. The fourth-order valence-corrected chi connectivity index (χ4v) is 1.71. The summed E-state index contributed by atoms with van der Waals surface area (Å²) in [4.78, 5) is 8.49. The van der Waals surface area contributed by atoms with Gasteiger partial charge < -0.3 is 10.1 Å². The summed E-state index contributed by atoms with van der Waals surface area (Å²) in [6.45, 7) is 6.20. The zero-order valence-corrected chi connectivity index (χ0v) is 11.0. The summed E-state index contributed by atoms with van der Waals surface area (Å²) in [5.41, 5.74) is 0.442. The van der Waals surface area contributed by atoms with Gasteiger partial charge in [0.25, 0.3) is 0 Å². The lowest BCUT2D eigenvalue weighted by Gasteiger charge is -2.11. The number of ether oxygens (including phenoxy) is 1. The van der Waals surface area contributed by atoms with Gasteiger partial charge in [-0.3, -0.25) is 0 Å². The van der Waals surface area contributed by atoms with Crippen LogP contribution in [-0.2, 0) is 11.3 Å². The van der Waals surface area contributed by atoms with Gasteiger partial charge in [0, 0.05) is 19.2 Å². The smallest absolute Gasteiger partial charge is 0.158 e. The van der Waals surface area contributed by atoms with Gasteiger partial charge in [0.05, 0.1) is 0 Å². The molecule has 1 N–H and O–H groups in total. The maximum Gasteiger partial charge on any atom is 0.158 e. The minimum atomic E-state index is 0.406. The molecule has 0 spiro atoms. The number of hydrogen-bond donors (Lipinski definition) is 1. The van der Waals surface area contributed by atoms with Crippen LogP contribution in [0.4, 0.5) is 5.82 Å². The van der Waals surface area contributed by atoms with Crippen LogP contribution in [0.3, 0.4) is 0 Å². The Kier molecular flexibility index (Phi) is 3.84. The fraction of sp³-hybridized carbons (Fsp3) is 0.667. The van der Waals surface area contributed by atoms with Crippen molar-refractivity contribution in [1.29, 1.82) is 0 Å². The summed E-state index contributed by atoms with van der Waals surface area (Å²) in [7, 11) is 0. The number of hydrogen-bond acceptors (Lipinski definition) is 4. The van der Waals surface area contributed by atoms with Crippen LogP contribution in [0.25, 0.3) is 0 Å². The van der Waals surface area contributed by atoms with Crippen molar-refractivity contribution >= 4 is 17.4 Å². The average Bonchev–Trinajstić information content (AvgIpc) is 3.02. The molecular formula is C12H18ClN3O. The van der Waals surface area contributed by atoms with Crippen molar-refractivity contribution in [1.82, 2.24) is 9.97 Å². The third kappa shape index (κ3) is 3.82. The van der Waals surface area contributed by atoms with Gasteiger partial charge in [-0.1, -0.05) is 18.5 Å². The third-order valence-electron chi connectivity index (χ3n) is 2.98. The average molecular weight is 256 g/mol. The predicted molar refractivity (Wildman–Crippen MR) is 68.2 cm³/mol. The van der Waals surface area contributed by atoms with Crippen LogP contribution in [0.1, 0.15) is 32.5 Å². The zero-order chi connectivity index (χ0) is 12.3. The third-order valence-corrected chi connectivity index (χ3v) is 3.17. The van der Waals surface area contributed by atoms with Crippen molar-refractivity contribution in [3.05, 3.63) is 17.0 Å². The molecule has 1 saturated carbocycles. The highest BCUT2D eigenvalue weighted by atomic mass is 35.5. The molecule has 2 rings (SSSR count). The van der Waals surface area contributed by atoms with Gasteiger partial charge in [-0.25, -0.2) is 9.97 Å². The van der Waals surface area contributed by atoms with Crippen molar-refractivity contribution in [3.63, 3.8) is 0 Å². The Bertz CT molecular complexity index is 393. The van der Waals surface area contributed by atoms with Crippen molar-refractivity contribution in [2.45, 2.75) is 33.3 Å². The minimum absolute atomic E-state index is 0.406. The Morgan fingerprint density at radius 3 is 2.88 bits per heavy atom. The molecule has 1 aromatic rings. The summed E-state index contributed by atoms with van der Waals surface area (Å²) in [5, 5.41) is 3.77. The lowest BCUT2D eigenvalue weighted by atomic mass is 10.1. The Balaban J connectivity index is 1.97. The van der Waals surface area contributed by atoms with Crippen LogP contribution in [0.5, 0.6) is 0 Å². The van der Waals surface area contributed by atoms with E-state index in [-0.39, 0.29) is 0 Å². The summed E-state index contributed by atoms with van der Waals surface area (Å²) < 4.78 is 5.28. The predicted octanol–water partition coefficient (Wildman–Crippen LogP) is 2.88. The molecule has 1 aliphatic rings. The minimum Gasteiger partial charge on any atom is -0.374 e. The van der Waals surface area contributed by atoms with Crippen LogP contribution >= 0.6 is 11.6 Å². The number of halogens is 1. The Hall–Kier alpha value is -0.870. The maximum atomic E-state index is 5.95. The molecule has 0 saturated heterocycles. The van der Waals surface area contributed by atoms with E-state index in [1.54, 1.807) is 6.07 Å². The van der Waals surface area contributed by atoms with E-state index in [0.29, 0.717) is 29.6 Å². The SMILES string of the molecule is CCOCc1nc(Cl)cc(NCC2(C)CC2)n1. The molecule has 94 valence electrons. The molecule has 0 amide bonds. The fourth-order valence-electron chi connectivity index (χ4n) is 1.51. The maximum absolute atomic E-state index is 5.95. The Labute approximate surface area is 107 Å². The van der Waals surface area contributed by atoms with Gasteiger partial charge in [-0.05, 0) is 25.2 Å². The van der Waals surface area contributed by atoms with Crippen molar-refractivity contribution in [2.75, 3.05) is 18.5 Å². The number of nitrogens with zero attached hydrogens (tertiary/aromatic N) is 2. The van der Waals surface area contributed by atoms with Gasteiger partial charge in [0.15, 0.2) is 5.82 Å². The second-order valence-electron chi connectivity index (χ2n) is 4.79. The van der Waals surface area contributed by atoms with Crippen molar-refractivity contribution < 1.29 is 4.74 Å². The first-order chi connectivity index (χ1) is 8.11. The van der Waals surface area contributed by atoms with Crippen LogP contribution in [-0.4, -0.2) is 23.1 Å². The van der Waals surface area contributed by atoms with E-state index < -0.39 is 0 Å². The second kappa shape index (κ2) is 5.19. The number of rotatable bonds is 6. The molecule has 5 heteroatoms. The summed E-state index contributed by atoms with van der Waals surface area (Å²) in [5.74, 6) is 1.41. The lowest BCUT2D eigenvalue weighted by molar-refractivity contribution is 0.128. The molecule has 17 heavy (non-hydrogen) atoms. The molecule has 1 heterocycles. The molecule has 0 aromatic carbocycles. The molecule has 0 aliphatic heterocycles. The van der Waals surface area contributed by atoms with Gasteiger partial charge in [-0.15, -0.1) is 0 Å². The summed E-state index contributed by atoms with van der Waals surface area (Å²) in [6.07, 6.45) is 2.56. The quantitative estimate of drug-likeness (QED) is 0.794. The van der Waals surface area contributed by atoms with Gasteiger partial charge >= 0.3 is 0 Å². The Morgan fingerprint density at radius 2 is 2.24 bits per heavy atom. The van der Waals surface area contributed by atoms with E-state index in [2.05, 4.69) is 22.2 Å². The summed E-state index contributed by atoms with van der Waals surface area (Å²) >= 11 is 5.95. The summed E-state index contributed by atoms with van der Waals surface area (Å²) in [6, 6.07) is 1.75. The molecule has 4 nitrogen and oxygen atoms in total. The van der Waals surface area contributed by atoms with Crippen LogP contribution in [0, 0.1) is 5.41 Å². The molecule has 0 atom stereocenters. The van der Waals surface area contributed by atoms with Crippen LogP contribution < -0.4 is 5.32 Å². The highest BCUT2D eigenvalue weighted by Gasteiger charge is 2.36. The number of anilines is 1. The van der Waals surface area contributed by atoms with Crippen LogP contribution in [0.2, 0.25) is 5.15 Å². The first-order valence-corrected chi connectivity index (χ1v) is 6.34. The standard InChI is InChI=1S/C12H18ClN3O/c1-3-17-7-11-15-9(13)6-10(16-11)14-8-12(2)4-5-12/h6H,3-5,7-8H2,1-2H3,(H,14,15,16). The van der Waals surface area contributed by atoms with Gasteiger partial charge in [-0.2, -0.15) is 0 Å². The van der Waals surface area contributed by atoms with E-state index >= 15 is 0 Å². The first kappa shape index (κ1) is 12.6. The van der Waals surface area contributed by atoms with E-state index in [0.717, 1.165) is 12.4 Å². The van der Waals surface area contributed by atoms with Gasteiger partial charge in [0.2, 0.25) is 0 Å². The number of nitrogens with one attached hydrogen (secondary N) is 1. The van der Waals surface area contributed by atoms with E-state index in [1.807, 2.05) is 6.92 Å². The van der Waals surface area contributed by atoms with Gasteiger partial charge in [0.1, 0.15) is 17.6 Å². The monoisotopic (exact) mass is 255 g/mol. The molecule has 0 unspecified atom stereocenters. The molecule has 1 fully saturated rings.